The maximum Gasteiger partial charge on any atom is 0.283 e. The number of para-hydroxylation sites is 1. The zero-order chi connectivity index (χ0) is 19.4. The lowest BCUT2D eigenvalue weighted by atomic mass is 10.1. The number of hydroxylamine groups is 2. The summed E-state index contributed by atoms with van der Waals surface area (Å²) in [5.74, 6) is 0.365. The van der Waals surface area contributed by atoms with Crippen LogP contribution in [0.15, 0.2) is 60.7 Å². The molecule has 0 aliphatic rings. The molecule has 0 N–H and O–H groups in total. The van der Waals surface area contributed by atoms with E-state index in [9.17, 15) is 4.79 Å². The van der Waals surface area contributed by atoms with Crippen molar-refractivity contribution in [2.24, 2.45) is 0 Å². The van der Waals surface area contributed by atoms with Crippen LogP contribution >= 0.6 is 0 Å². The fourth-order valence-corrected chi connectivity index (χ4v) is 2.71. The molecule has 5 nitrogen and oxygen atoms in total. The molecule has 3 rings (SSSR count). The van der Waals surface area contributed by atoms with E-state index in [-0.39, 0.29) is 12.5 Å². The Labute approximate surface area is 159 Å². The lowest BCUT2D eigenvalue weighted by Gasteiger charge is -2.26. The molecule has 0 atom stereocenters. The minimum absolute atomic E-state index is 0.116. The first-order valence-corrected chi connectivity index (χ1v) is 8.87. The zero-order valence-electron chi connectivity index (χ0n) is 16.1. The van der Waals surface area contributed by atoms with E-state index < -0.39 is 5.60 Å². The van der Waals surface area contributed by atoms with Crippen LogP contribution in [0.2, 0.25) is 0 Å². The van der Waals surface area contributed by atoms with Crippen molar-refractivity contribution in [2.45, 2.75) is 26.4 Å². The number of amides is 1. The second kappa shape index (κ2) is 7.76. The summed E-state index contributed by atoms with van der Waals surface area (Å²) in [7, 11) is 1.59. The van der Waals surface area contributed by atoms with Gasteiger partial charge in [0.2, 0.25) is 0 Å². The molecule has 140 valence electrons. The minimum atomic E-state index is -0.450. The number of pyridine rings is 1. The molecule has 5 heteroatoms. The molecular weight excluding hydrogens is 340 g/mol. The Kier molecular flexibility index (Phi) is 5.42. The number of benzene rings is 2. The van der Waals surface area contributed by atoms with Crippen LogP contribution in [0.4, 0.5) is 0 Å². The summed E-state index contributed by atoms with van der Waals surface area (Å²) in [5.41, 5.74) is 2.16. The molecule has 0 fully saturated rings. The largest absolute Gasteiger partial charge is 0.483 e. The maximum atomic E-state index is 12.3. The van der Waals surface area contributed by atoms with Gasteiger partial charge in [0.15, 0.2) is 6.61 Å². The van der Waals surface area contributed by atoms with Crippen molar-refractivity contribution in [2.75, 3.05) is 13.7 Å². The van der Waals surface area contributed by atoms with Gasteiger partial charge in [-0.15, -0.1) is 0 Å². The molecule has 3 aromatic rings. The molecule has 0 aliphatic carbocycles. The Morgan fingerprint density at radius 1 is 1.04 bits per heavy atom. The Morgan fingerprint density at radius 2 is 1.70 bits per heavy atom. The highest BCUT2D eigenvalue weighted by atomic mass is 16.7. The average molecular weight is 364 g/mol. The number of carbonyl (C=O) groups is 1. The minimum Gasteiger partial charge on any atom is -0.483 e. The van der Waals surface area contributed by atoms with E-state index in [2.05, 4.69) is 0 Å². The molecule has 1 aromatic heterocycles. The van der Waals surface area contributed by atoms with Crippen LogP contribution in [0.1, 0.15) is 20.8 Å². The van der Waals surface area contributed by atoms with Crippen molar-refractivity contribution in [1.29, 1.82) is 0 Å². The summed E-state index contributed by atoms with van der Waals surface area (Å²) < 4.78 is 5.87. The predicted molar refractivity (Wildman–Crippen MR) is 106 cm³/mol. The normalized spacial score (nSPS) is 11.4. The van der Waals surface area contributed by atoms with Crippen molar-refractivity contribution in [3.8, 4) is 17.0 Å². The summed E-state index contributed by atoms with van der Waals surface area (Å²) in [6.07, 6.45) is 0. The monoisotopic (exact) mass is 364 g/mol. The zero-order valence-corrected chi connectivity index (χ0v) is 16.1. The second-order valence-electron chi connectivity index (χ2n) is 7.27. The smallest absolute Gasteiger partial charge is 0.283 e. The van der Waals surface area contributed by atoms with Crippen molar-refractivity contribution in [1.82, 2.24) is 10.0 Å². The summed E-state index contributed by atoms with van der Waals surface area (Å²) in [6, 6.07) is 19.5. The van der Waals surface area contributed by atoms with E-state index in [1.807, 2.05) is 81.4 Å². The molecule has 1 heterocycles. The van der Waals surface area contributed by atoms with Gasteiger partial charge >= 0.3 is 0 Å². The van der Waals surface area contributed by atoms with Gasteiger partial charge in [-0.1, -0.05) is 42.5 Å². The van der Waals surface area contributed by atoms with Gasteiger partial charge in [-0.2, -0.15) is 0 Å². The quantitative estimate of drug-likeness (QED) is 0.627. The summed E-state index contributed by atoms with van der Waals surface area (Å²) in [6.45, 7) is 5.55. The third-order valence-corrected chi connectivity index (χ3v) is 3.86. The van der Waals surface area contributed by atoms with Gasteiger partial charge in [-0.05, 0) is 32.9 Å². The first-order chi connectivity index (χ1) is 12.8. The highest BCUT2D eigenvalue weighted by molar-refractivity contribution is 5.88. The van der Waals surface area contributed by atoms with Gasteiger partial charge in [-0.25, -0.2) is 10.0 Å². The van der Waals surface area contributed by atoms with Crippen LogP contribution < -0.4 is 4.74 Å². The molecule has 0 spiro atoms. The third kappa shape index (κ3) is 4.83. The standard InChI is InChI=1S/C22H24N2O3/c1-22(2,3)27-24(4)21(25)15-26-20-14-19(16-10-6-5-7-11-16)23-18-13-9-8-12-17(18)20/h5-14H,15H2,1-4H3. The topological polar surface area (TPSA) is 51.7 Å². The average Bonchev–Trinajstić information content (AvgIpc) is 2.65. The number of hydrogen-bond donors (Lipinski definition) is 0. The molecule has 0 aliphatic heterocycles. The van der Waals surface area contributed by atoms with E-state index in [0.717, 1.165) is 22.2 Å². The Bertz CT molecular complexity index is 933. The van der Waals surface area contributed by atoms with Crippen LogP contribution in [-0.2, 0) is 9.63 Å². The number of fused-ring (bicyclic) bond motifs is 1. The second-order valence-corrected chi connectivity index (χ2v) is 7.27. The van der Waals surface area contributed by atoms with Crippen molar-refractivity contribution < 1.29 is 14.4 Å². The van der Waals surface area contributed by atoms with Crippen LogP contribution in [-0.4, -0.2) is 35.2 Å². The Morgan fingerprint density at radius 3 is 2.41 bits per heavy atom. The predicted octanol–water partition coefficient (Wildman–Crippen LogP) is 4.47. The van der Waals surface area contributed by atoms with E-state index >= 15 is 0 Å². The van der Waals surface area contributed by atoms with Crippen molar-refractivity contribution >= 4 is 16.8 Å². The molecule has 0 bridgehead atoms. The van der Waals surface area contributed by atoms with Crippen LogP contribution in [0.3, 0.4) is 0 Å². The number of hydrogen-bond acceptors (Lipinski definition) is 4. The molecule has 0 saturated heterocycles. The number of carbonyl (C=O) groups excluding carboxylic acids is 1. The van der Waals surface area contributed by atoms with Gasteiger partial charge in [-0.3, -0.25) is 9.63 Å². The van der Waals surface area contributed by atoms with Gasteiger partial charge < -0.3 is 4.74 Å². The molecule has 0 saturated carbocycles. The molecule has 1 amide bonds. The van der Waals surface area contributed by atoms with E-state index in [4.69, 9.17) is 14.6 Å². The van der Waals surface area contributed by atoms with Gasteiger partial charge in [0.05, 0.1) is 16.8 Å². The molecule has 2 aromatic carbocycles. The van der Waals surface area contributed by atoms with E-state index in [1.165, 1.54) is 5.06 Å². The van der Waals surface area contributed by atoms with Crippen molar-refractivity contribution in [3.63, 3.8) is 0 Å². The molecular formula is C22H24N2O3. The number of rotatable bonds is 5. The van der Waals surface area contributed by atoms with Crippen LogP contribution in [0.25, 0.3) is 22.2 Å². The highest BCUT2D eigenvalue weighted by Gasteiger charge is 2.19. The van der Waals surface area contributed by atoms with Crippen LogP contribution in [0.5, 0.6) is 5.75 Å². The van der Waals surface area contributed by atoms with E-state index in [0.29, 0.717) is 5.75 Å². The fourth-order valence-electron chi connectivity index (χ4n) is 2.71. The third-order valence-electron chi connectivity index (χ3n) is 3.86. The summed E-state index contributed by atoms with van der Waals surface area (Å²) in [5, 5.41) is 2.09. The summed E-state index contributed by atoms with van der Waals surface area (Å²) >= 11 is 0. The van der Waals surface area contributed by atoms with Crippen LogP contribution in [0, 0.1) is 0 Å². The number of likely N-dealkylation sites (N-methyl/N-ethyl adjacent to an activating group) is 1. The first-order valence-electron chi connectivity index (χ1n) is 8.87. The SMILES string of the molecule is CN(OC(C)(C)C)C(=O)COc1cc(-c2ccccc2)nc2ccccc12. The molecule has 0 unspecified atom stereocenters. The van der Waals surface area contributed by atoms with Gasteiger partial charge in [0, 0.05) is 24.1 Å². The number of ether oxygens (including phenoxy) is 1. The first kappa shape index (κ1) is 18.9. The van der Waals surface area contributed by atoms with E-state index in [1.54, 1.807) is 7.05 Å². The van der Waals surface area contributed by atoms with Crippen molar-refractivity contribution in [3.05, 3.63) is 60.7 Å². The molecule has 27 heavy (non-hydrogen) atoms. The number of nitrogens with zero attached hydrogens (tertiary/aromatic N) is 2. The maximum absolute atomic E-state index is 12.3. The highest BCUT2D eigenvalue weighted by Crippen LogP contribution is 2.30. The number of aromatic nitrogens is 1. The van der Waals surface area contributed by atoms with Gasteiger partial charge in [0.1, 0.15) is 5.75 Å². The Balaban J connectivity index is 1.86. The lowest BCUT2D eigenvalue weighted by Crippen LogP contribution is -2.38. The fraction of sp³-hybridized carbons (Fsp3) is 0.273. The molecule has 0 radical (unpaired) electrons. The van der Waals surface area contributed by atoms with Gasteiger partial charge in [0.25, 0.3) is 5.91 Å². The lowest BCUT2D eigenvalue weighted by molar-refractivity contribution is -0.218. The summed E-state index contributed by atoms with van der Waals surface area (Å²) in [4.78, 5) is 22.6. The Hall–Kier alpha value is -2.92.